The zero-order valence-corrected chi connectivity index (χ0v) is 20.7. The number of urea groups is 1. The third-order valence-electron chi connectivity index (χ3n) is 6.25. The van der Waals surface area contributed by atoms with E-state index >= 15 is 8.78 Å². The molecule has 0 atom stereocenters. The highest BCUT2D eigenvalue weighted by molar-refractivity contribution is 6.07. The minimum atomic E-state index is -1.01. The fraction of sp³-hybridized carbons (Fsp3) is 0.280. The molecule has 0 bridgehead atoms. The summed E-state index contributed by atoms with van der Waals surface area (Å²) in [6.45, 7) is 2.39. The van der Waals surface area contributed by atoms with E-state index in [1.165, 1.54) is 19.1 Å². The van der Waals surface area contributed by atoms with Crippen molar-refractivity contribution in [1.82, 2.24) is 20.1 Å². The van der Waals surface area contributed by atoms with Crippen molar-refractivity contribution in [2.75, 3.05) is 37.1 Å². The van der Waals surface area contributed by atoms with Crippen molar-refractivity contribution in [3.63, 3.8) is 0 Å². The van der Waals surface area contributed by atoms with Crippen LogP contribution >= 0.6 is 0 Å². The van der Waals surface area contributed by atoms with Crippen LogP contribution in [-0.2, 0) is 13.6 Å². The minimum absolute atomic E-state index is 0.0837. The Labute approximate surface area is 211 Å². The van der Waals surface area contributed by atoms with Gasteiger partial charge in [0.1, 0.15) is 5.69 Å². The number of anilines is 2. The van der Waals surface area contributed by atoms with E-state index in [0.29, 0.717) is 29.2 Å². The van der Waals surface area contributed by atoms with Gasteiger partial charge in [0.2, 0.25) is 0 Å². The Bertz CT molecular complexity index is 1420. The number of aliphatic imine (C=N–C) groups is 1. The maximum atomic E-state index is 15.4. The number of hydrogen-bond donors (Lipinski definition) is 1. The highest BCUT2D eigenvalue weighted by atomic mass is 19.1. The fourth-order valence-corrected chi connectivity index (χ4v) is 4.45. The molecule has 1 aromatic carbocycles. The second kappa shape index (κ2) is 9.52. The van der Waals surface area contributed by atoms with Gasteiger partial charge in [0, 0.05) is 43.2 Å². The van der Waals surface area contributed by atoms with Crippen molar-refractivity contribution in [2.45, 2.75) is 13.5 Å². The molecule has 10 nitrogen and oxygen atoms in total. The number of pyridine rings is 1. The second-order valence-corrected chi connectivity index (χ2v) is 8.57. The van der Waals surface area contributed by atoms with Gasteiger partial charge in [-0.25, -0.2) is 18.6 Å². The molecule has 0 saturated carbocycles. The molecule has 1 N–H and O–H groups in total. The second-order valence-electron chi connectivity index (χ2n) is 8.57. The largest absolute Gasteiger partial charge is 0.493 e. The maximum absolute atomic E-state index is 15.4. The number of ether oxygens (including phenoxy) is 2. The lowest BCUT2D eigenvalue weighted by Crippen LogP contribution is -2.49. The molecule has 2 aliphatic rings. The first-order chi connectivity index (χ1) is 17.8. The number of aryl methyl sites for hydroxylation is 2. The van der Waals surface area contributed by atoms with Crippen LogP contribution in [0.2, 0.25) is 0 Å². The van der Waals surface area contributed by atoms with Gasteiger partial charge in [-0.3, -0.25) is 19.5 Å². The number of halogens is 2. The van der Waals surface area contributed by atoms with Gasteiger partial charge in [-0.1, -0.05) is 0 Å². The van der Waals surface area contributed by atoms with Crippen LogP contribution in [0.5, 0.6) is 11.5 Å². The summed E-state index contributed by atoms with van der Waals surface area (Å²) >= 11 is 0. The molecule has 37 heavy (non-hydrogen) atoms. The molecule has 4 heterocycles. The van der Waals surface area contributed by atoms with Crippen LogP contribution < -0.4 is 24.6 Å². The van der Waals surface area contributed by atoms with Gasteiger partial charge < -0.3 is 14.8 Å². The smallest absolute Gasteiger partial charge is 0.329 e. The monoisotopic (exact) mass is 509 g/mol. The van der Waals surface area contributed by atoms with Crippen molar-refractivity contribution in [2.24, 2.45) is 12.0 Å². The molecule has 0 radical (unpaired) electrons. The third kappa shape index (κ3) is 4.24. The van der Waals surface area contributed by atoms with E-state index in [-0.39, 0.29) is 24.6 Å². The van der Waals surface area contributed by atoms with Crippen LogP contribution in [0.1, 0.15) is 11.3 Å². The van der Waals surface area contributed by atoms with E-state index in [1.807, 2.05) is 26.2 Å². The molecule has 2 aromatic heterocycles. The first kappa shape index (κ1) is 24.2. The number of nitrogens with zero attached hydrogens (tertiary/aromatic N) is 6. The molecular weight excluding hydrogens is 484 g/mol. The molecule has 0 unspecified atom stereocenters. The van der Waals surface area contributed by atoms with E-state index in [2.05, 4.69) is 20.4 Å². The summed E-state index contributed by atoms with van der Waals surface area (Å²) in [4.78, 5) is 25.2. The average Bonchev–Trinajstić information content (AvgIpc) is 3.24. The fourth-order valence-electron chi connectivity index (χ4n) is 4.45. The molecule has 12 heteroatoms. The molecular formula is C25H25F2N7O3. The van der Waals surface area contributed by atoms with Gasteiger partial charge >= 0.3 is 6.03 Å². The van der Waals surface area contributed by atoms with Gasteiger partial charge in [0.15, 0.2) is 23.1 Å². The Morgan fingerprint density at radius 3 is 2.46 bits per heavy atom. The number of rotatable bonds is 6. The van der Waals surface area contributed by atoms with Gasteiger partial charge in [-0.05, 0) is 19.1 Å². The summed E-state index contributed by atoms with van der Waals surface area (Å²) in [7, 11) is 4.33. The first-order valence-electron chi connectivity index (χ1n) is 11.5. The number of hydrogen-bond acceptors (Lipinski definition) is 7. The summed E-state index contributed by atoms with van der Waals surface area (Å²) in [5.41, 5.74) is 3.45. The van der Waals surface area contributed by atoms with Crippen molar-refractivity contribution in [1.29, 1.82) is 0 Å². The van der Waals surface area contributed by atoms with Crippen LogP contribution in [0, 0.1) is 18.6 Å². The van der Waals surface area contributed by atoms with Crippen molar-refractivity contribution in [3.05, 3.63) is 59.2 Å². The van der Waals surface area contributed by atoms with Crippen LogP contribution in [0.4, 0.5) is 25.0 Å². The van der Waals surface area contributed by atoms with Crippen LogP contribution in [0.3, 0.4) is 0 Å². The Morgan fingerprint density at radius 1 is 1.14 bits per heavy atom. The predicted octanol–water partition coefficient (Wildman–Crippen LogP) is 3.55. The van der Waals surface area contributed by atoms with Crippen molar-refractivity contribution in [3.8, 4) is 22.8 Å². The molecule has 0 spiro atoms. The Kier molecular flexibility index (Phi) is 6.24. The lowest BCUT2D eigenvalue weighted by molar-refractivity contribution is 0.249. The summed E-state index contributed by atoms with van der Waals surface area (Å²) in [5.74, 6) is -2.51. The Balaban J connectivity index is 1.65. The zero-order chi connectivity index (χ0) is 26.3. The van der Waals surface area contributed by atoms with Crippen LogP contribution in [0.15, 0.2) is 41.3 Å². The van der Waals surface area contributed by atoms with Crippen molar-refractivity contribution < 1.29 is 23.0 Å². The zero-order valence-electron chi connectivity index (χ0n) is 20.7. The minimum Gasteiger partial charge on any atom is -0.493 e. The topological polar surface area (TPSA) is 97.1 Å². The molecule has 0 aliphatic carbocycles. The standard InChI is InChI=1S/C25H25F2N7O3/c1-14-17(12-32(2)31-14)18-7-19-15(9-29-18)10-34(25(35)33(19)11-16-5-6-28-13-30-16)24-22(26)20(36-3)8-21(37-4)23(24)27/h5,7-9,12-13H,6,10-11H2,1-4H3,(H,28,30). The Hall–Kier alpha value is -4.48. The van der Waals surface area contributed by atoms with E-state index in [9.17, 15) is 4.79 Å². The average molecular weight is 510 g/mol. The summed E-state index contributed by atoms with van der Waals surface area (Å²) in [6, 6.07) is 2.27. The normalized spacial score (nSPS) is 14.9. The van der Waals surface area contributed by atoms with Gasteiger partial charge in [-0.15, -0.1) is 0 Å². The molecule has 2 amide bonds. The number of benzene rings is 1. The number of nitrogens with one attached hydrogen (secondary N) is 1. The number of carbonyl (C=O) groups excluding carboxylic acids is 1. The van der Waals surface area contributed by atoms with Crippen LogP contribution in [-0.4, -0.2) is 54.4 Å². The summed E-state index contributed by atoms with van der Waals surface area (Å²) in [5, 5.41) is 7.34. The van der Waals surface area contributed by atoms with Crippen molar-refractivity contribution >= 4 is 23.7 Å². The van der Waals surface area contributed by atoms with Crippen LogP contribution in [0.25, 0.3) is 11.3 Å². The molecule has 192 valence electrons. The lowest BCUT2D eigenvalue weighted by Gasteiger charge is -2.37. The van der Waals surface area contributed by atoms with E-state index in [4.69, 9.17) is 9.47 Å². The quantitative estimate of drug-likeness (QED) is 0.546. The first-order valence-corrected chi connectivity index (χ1v) is 11.5. The molecule has 0 saturated heterocycles. The molecule has 2 aliphatic heterocycles. The van der Waals surface area contributed by atoms with Gasteiger partial charge in [0.25, 0.3) is 0 Å². The summed E-state index contributed by atoms with van der Waals surface area (Å²) in [6.07, 6.45) is 6.84. The predicted molar refractivity (Wildman–Crippen MR) is 134 cm³/mol. The number of fused-ring (bicyclic) bond motifs is 1. The van der Waals surface area contributed by atoms with Gasteiger partial charge in [-0.2, -0.15) is 5.10 Å². The number of carbonyl (C=O) groups is 1. The number of amides is 2. The highest BCUT2D eigenvalue weighted by Crippen LogP contribution is 2.41. The molecule has 5 rings (SSSR count). The third-order valence-corrected chi connectivity index (χ3v) is 6.25. The van der Waals surface area contributed by atoms with E-state index < -0.39 is 23.4 Å². The lowest BCUT2D eigenvalue weighted by atomic mass is 10.1. The van der Waals surface area contributed by atoms with Gasteiger partial charge in [0.05, 0.1) is 56.4 Å². The summed E-state index contributed by atoms with van der Waals surface area (Å²) < 4.78 is 42.6. The Morgan fingerprint density at radius 2 is 1.86 bits per heavy atom. The highest BCUT2D eigenvalue weighted by Gasteiger charge is 2.37. The number of aromatic nitrogens is 3. The molecule has 0 fully saturated rings. The SMILES string of the molecule is COc1cc(OC)c(F)c(N2Cc3cnc(-c4cn(C)nc4C)cc3N(CC3=CCNC=N3)C2=O)c1F. The maximum Gasteiger partial charge on any atom is 0.329 e. The van der Waals surface area contributed by atoms with E-state index in [0.717, 1.165) is 22.2 Å². The number of methoxy groups -OCH3 is 2. The van der Waals surface area contributed by atoms with E-state index in [1.54, 1.807) is 23.3 Å². The molecule has 3 aromatic rings.